The number of nitrogens with zero attached hydrogens (tertiary/aromatic N) is 2. The third kappa shape index (κ3) is 3.21. The number of hydrogen-bond donors (Lipinski definition) is 0. The number of aryl methyl sites for hydroxylation is 1. The minimum Gasteiger partial charge on any atom is -0.469 e. The van der Waals surface area contributed by atoms with Crippen LogP contribution in [0.5, 0.6) is 0 Å². The van der Waals surface area contributed by atoms with Crippen LogP contribution >= 0.6 is 0 Å². The summed E-state index contributed by atoms with van der Waals surface area (Å²) in [6.45, 7) is 5.97. The Labute approximate surface area is 141 Å². The lowest BCUT2D eigenvalue weighted by atomic mass is 9.96. The van der Waals surface area contributed by atoms with Crippen molar-refractivity contribution in [2.45, 2.75) is 33.1 Å². The highest BCUT2D eigenvalue weighted by molar-refractivity contribution is 5.95. The monoisotopic (exact) mass is 330 g/mol. The normalized spacial score (nSPS) is 15.8. The molecule has 0 spiro atoms. The molecule has 1 saturated heterocycles. The number of esters is 1. The van der Waals surface area contributed by atoms with Gasteiger partial charge in [-0.1, -0.05) is 6.92 Å². The van der Waals surface area contributed by atoms with Crippen LogP contribution in [0.1, 0.15) is 31.0 Å². The van der Waals surface area contributed by atoms with Gasteiger partial charge in [0.15, 0.2) is 0 Å². The van der Waals surface area contributed by atoms with E-state index >= 15 is 0 Å². The van der Waals surface area contributed by atoms with Crippen LogP contribution < -0.4 is 4.90 Å². The summed E-state index contributed by atoms with van der Waals surface area (Å²) in [5.74, 6) is 0.0994. The van der Waals surface area contributed by atoms with Crippen molar-refractivity contribution in [2.24, 2.45) is 5.92 Å². The number of ether oxygens (including phenoxy) is 1. The van der Waals surface area contributed by atoms with Gasteiger partial charge in [-0.05, 0) is 43.9 Å². The molecule has 24 heavy (non-hydrogen) atoms. The van der Waals surface area contributed by atoms with Crippen LogP contribution in [0.4, 0.5) is 10.1 Å². The lowest BCUT2D eigenvalue weighted by Crippen LogP contribution is -2.34. The number of rotatable bonds is 3. The molecule has 0 N–H and O–H groups in total. The van der Waals surface area contributed by atoms with Gasteiger partial charge in [0, 0.05) is 29.7 Å². The van der Waals surface area contributed by atoms with Crippen molar-refractivity contribution in [2.75, 3.05) is 25.1 Å². The zero-order valence-electron chi connectivity index (χ0n) is 14.4. The number of aromatic nitrogens is 1. The number of piperidine rings is 1. The Kier molecular flexibility index (Phi) is 4.69. The fraction of sp³-hybridized carbons (Fsp3) is 0.474. The molecule has 2 heterocycles. The number of methoxy groups -OCH3 is 1. The molecule has 0 aliphatic carbocycles. The molecule has 0 saturated carbocycles. The van der Waals surface area contributed by atoms with E-state index in [4.69, 9.17) is 4.74 Å². The predicted octanol–water partition coefficient (Wildman–Crippen LogP) is 3.63. The molecule has 0 unspecified atom stereocenters. The van der Waals surface area contributed by atoms with Crippen LogP contribution in [0, 0.1) is 18.7 Å². The lowest BCUT2D eigenvalue weighted by molar-refractivity contribution is -0.139. The molecule has 0 bridgehead atoms. The molecule has 1 aromatic carbocycles. The topological polar surface area (TPSA) is 42.4 Å². The van der Waals surface area contributed by atoms with Gasteiger partial charge in [-0.2, -0.15) is 0 Å². The number of halogens is 1. The average molecular weight is 330 g/mol. The average Bonchev–Trinajstić information content (AvgIpc) is 2.57. The fourth-order valence-corrected chi connectivity index (χ4v) is 3.40. The zero-order chi connectivity index (χ0) is 17.3. The van der Waals surface area contributed by atoms with E-state index in [1.807, 2.05) is 6.92 Å². The third-order valence-corrected chi connectivity index (χ3v) is 4.87. The smallest absolute Gasteiger partial charge is 0.310 e. The van der Waals surface area contributed by atoms with Gasteiger partial charge in [0.25, 0.3) is 0 Å². The summed E-state index contributed by atoms with van der Waals surface area (Å²) in [5, 5.41) is 0.772. The Hall–Kier alpha value is -2.17. The van der Waals surface area contributed by atoms with Crippen molar-refractivity contribution in [3.8, 4) is 0 Å². The summed E-state index contributed by atoms with van der Waals surface area (Å²) >= 11 is 0. The van der Waals surface area contributed by atoms with Crippen molar-refractivity contribution in [3.63, 3.8) is 0 Å². The van der Waals surface area contributed by atoms with Gasteiger partial charge in [0.2, 0.25) is 0 Å². The number of anilines is 1. The standard InChI is InChI=1S/C19H23FN2O2/c1-12-6-8-22(9-7-12)19-15(11-18(23)24-3)13(2)21-17-5-4-14(20)10-16(17)19/h4-5,10,12H,6-9,11H2,1-3H3. The highest BCUT2D eigenvalue weighted by atomic mass is 19.1. The lowest BCUT2D eigenvalue weighted by Gasteiger charge is -2.34. The second-order valence-electron chi connectivity index (χ2n) is 6.61. The number of fused-ring (bicyclic) bond motifs is 1. The second kappa shape index (κ2) is 6.75. The van der Waals surface area contributed by atoms with Gasteiger partial charge in [0.05, 0.1) is 24.7 Å². The molecule has 0 amide bonds. The highest BCUT2D eigenvalue weighted by Crippen LogP contribution is 2.35. The van der Waals surface area contributed by atoms with E-state index in [0.717, 1.165) is 53.8 Å². The van der Waals surface area contributed by atoms with E-state index in [2.05, 4.69) is 16.8 Å². The summed E-state index contributed by atoms with van der Waals surface area (Å²) in [6.07, 6.45) is 2.34. The van der Waals surface area contributed by atoms with Crippen molar-refractivity contribution in [3.05, 3.63) is 35.3 Å². The van der Waals surface area contributed by atoms with Crippen LogP contribution in [0.3, 0.4) is 0 Å². The van der Waals surface area contributed by atoms with Gasteiger partial charge >= 0.3 is 5.97 Å². The van der Waals surface area contributed by atoms with Crippen molar-refractivity contribution >= 4 is 22.6 Å². The summed E-state index contributed by atoms with van der Waals surface area (Å²) in [5.41, 5.74) is 3.34. The van der Waals surface area contributed by atoms with Gasteiger partial charge < -0.3 is 9.64 Å². The predicted molar refractivity (Wildman–Crippen MR) is 92.8 cm³/mol. The number of hydrogen-bond acceptors (Lipinski definition) is 4. The Balaban J connectivity index is 2.17. The van der Waals surface area contributed by atoms with E-state index in [1.165, 1.54) is 19.2 Å². The molecule has 128 valence electrons. The Morgan fingerprint density at radius 3 is 2.75 bits per heavy atom. The fourth-order valence-electron chi connectivity index (χ4n) is 3.40. The van der Waals surface area contributed by atoms with E-state index < -0.39 is 0 Å². The first-order valence-electron chi connectivity index (χ1n) is 8.40. The first-order valence-corrected chi connectivity index (χ1v) is 8.40. The number of carbonyl (C=O) groups is 1. The summed E-state index contributed by atoms with van der Waals surface area (Å²) < 4.78 is 18.7. The van der Waals surface area contributed by atoms with Crippen molar-refractivity contribution in [1.82, 2.24) is 4.98 Å². The summed E-state index contributed by atoms with van der Waals surface area (Å²) in [7, 11) is 1.38. The second-order valence-corrected chi connectivity index (χ2v) is 6.61. The van der Waals surface area contributed by atoms with Gasteiger partial charge in [-0.3, -0.25) is 9.78 Å². The third-order valence-electron chi connectivity index (χ3n) is 4.87. The Bertz CT molecular complexity index is 768. The van der Waals surface area contributed by atoms with E-state index in [0.29, 0.717) is 5.92 Å². The maximum atomic E-state index is 13.9. The molecule has 5 heteroatoms. The minimum atomic E-state index is -0.303. The molecule has 0 atom stereocenters. The number of benzene rings is 1. The van der Waals surface area contributed by atoms with Gasteiger partial charge in [0.1, 0.15) is 5.82 Å². The molecule has 1 aromatic heterocycles. The molecular formula is C19H23FN2O2. The first-order chi connectivity index (χ1) is 11.5. The highest BCUT2D eigenvalue weighted by Gasteiger charge is 2.24. The van der Waals surface area contributed by atoms with E-state index in [9.17, 15) is 9.18 Å². The zero-order valence-corrected chi connectivity index (χ0v) is 14.4. The molecule has 1 fully saturated rings. The molecule has 1 aliphatic heterocycles. The molecule has 4 nitrogen and oxygen atoms in total. The SMILES string of the molecule is COC(=O)Cc1c(C)nc2ccc(F)cc2c1N1CCC(C)CC1. The summed E-state index contributed by atoms with van der Waals surface area (Å²) in [6, 6.07) is 4.66. The van der Waals surface area contributed by atoms with E-state index in [-0.39, 0.29) is 18.2 Å². The maximum absolute atomic E-state index is 13.9. The minimum absolute atomic E-state index is 0.156. The summed E-state index contributed by atoms with van der Waals surface area (Å²) in [4.78, 5) is 18.7. The molecule has 1 aliphatic rings. The molecule has 3 rings (SSSR count). The van der Waals surface area contributed by atoms with Crippen molar-refractivity contribution in [1.29, 1.82) is 0 Å². The van der Waals surface area contributed by atoms with Crippen LogP contribution in [0.25, 0.3) is 10.9 Å². The van der Waals surface area contributed by atoms with Crippen LogP contribution in [0.15, 0.2) is 18.2 Å². The van der Waals surface area contributed by atoms with Gasteiger partial charge in [-0.15, -0.1) is 0 Å². The largest absolute Gasteiger partial charge is 0.469 e. The molecular weight excluding hydrogens is 307 g/mol. The first kappa shape index (κ1) is 16.7. The van der Waals surface area contributed by atoms with Crippen LogP contribution in [-0.2, 0) is 16.0 Å². The quantitative estimate of drug-likeness (QED) is 0.806. The van der Waals surface area contributed by atoms with Crippen LogP contribution in [0.2, 0.25) is 0 Å². The number of pyridine rings is 1. The Morgan fingerprint density at radius 1 is 1.38 bits per heavy atom. The van der Waals surface area contributed by atoms with Gasteiger partial charge in [-0.25, -0.2) is 4.39 Å². The van der Waals surface area contributed by atoms with E-state index in [1.54, 1.807) is 6.07 Å². The molecule has 0 radical (unpaired) electrons. The number of carbonyl (C=O) groups excluding carboxylic acids is 1. The van der Waals surface area contributed by atoms with Crippen LogP contribution in [-0.4, -0.2) is 31.2 Å². The molecule has 2 aromatic rings. The maximum Gasteiger partial charge on any atom is 0.310 e. The van der Waals surface area contributed by atoms with Crippen molar-refractivity contribution < 1.29 is 13.9 Å². The Morgan fingerprint density at radius 2 is 2.08 bits per heavy atom.